The standard InChI is InChI=1S/C23H25N3O5S/c1-24-20-7-6-18(15-21(20)31-23(24)28)32(29,30)25-11-8-16(9-12-25)14-22(27)26-13-10-17-4-2-3-5-19(17)26/h2-7,15-16H,8-14H2,1H3. The fraction of sp³-hybridized carbons (Fsp3) is 0.391. The van der Waals surface area contributed by atoms with Gasteiger partial charge in [-0.2, -0.15) is 4.31 Å². The number of oxazole rings is 1. The molecule has 0 atom stereocenters. The van der Waals surface area contributed by atoms with Crippen molar-refractivity contribution >= 4 is 32.7 Å². The van der Waals surface area contributed by atoms with Crippen LogP contribution in [0.15, 0.2) is 56.6 Å². The van der Waals surface area contributed by atoms with Gasteiger partial charge in [0.2, 0.25) is 15.9 Å². The summed E-state index contributed by atoms with van der Waals surface area (Å²) in [5.41, 5.74) is 3.01. The van der Waals surface area contributed by atoms with E-state index in [1.165, 1.54) is 26.6 Å². The molecule has 0 aliphatic carbocycles. The largest absolute Gasteiger partial charge is 0.419 e. The van der Waals surface area contributed by atoms with E-state index >= 15 is 0 Å². The second-order valence-corrected chi connectivity index (χ2v) is 10.5. The van der Waals surface area contributed by atoms with E-state index in [0.717, 1.165) is 12.1 Å². The molecule has 0 spiro atoms. The fourth-order valence-corrected chi connectivity index (χ4v) is 6.22. The molecule has 0 bridgehead atoms. The first-order valence-corrected chi connectivity index (χ1v) is 12.3. The molecule has 2 aliphatic rings. The van der Waals surface area contributed by atoms with Crippen LogP contribution in [0.4, 0.5) is 5.69 Å². The molecule has 3 aromatic rings. The Morgan fingerprint density at radius 3 is 2.62 bits per heavy atom. The number of hydrogen-bond donors (Lipinski definition) is 0. The molecule has 8 nitrogen and oxygen atoms in total. The van der Waals surface area contributed by atoms with Crippen molar-refractivity contribution in [1.82, 2.24) is 8.87 Å². The molecule has 0 saturated carbocycles. The minimum atomic E-state index is -3.70. The van der Waals surface area contributed by atoms with Crippen molar-refractivity contribution in [1.29, 1.82) is 0 Å². The molecule has 2 aliphatic heterocycles. The normalized spacial score (nSPS) is 17.7. The molecular formula is C23H25N3O5S. The second-order valence-electron chi connectivity index (χ2n) is 8.53. The lowest BCUT2D eigenvalue weighted by atomic mass is 9.94. The zero-order chi connectivity index (χ0) is 22.5. The summed E-state index contributed by atoms with van der Waals surface area (Å²) in [6, 6.07) is 12.5. The van der Waals surface area contributed by atoms with Crippen molar-refractivity contribution in [3.63, 3.8) is 0 Å². The molecule has 0 unspecified atom stereocenters. The molecule has 1 fully saturated rings. The van der Waals surface area contributed by atoms with E-state index in [0.29, 0.717) is 44.4 Å². The van der Waals surface area contributed by atoms with Gasteiger partial charge in [-0.3, -0.25) is 9.36 Å². The van der Waals surface area contributed by atoms with Crippen LogP contribution in [-0.2, 0) is 28.3 Å². The zero-order valence-electron chi connectivity index (χ0n) is 17.9. The van der Waals surface area contributed by atoms with Crippen molar-refractivity contribution in [3.8, 4) is 0 Å². The van der Waals surface area contributed by atoms with Gasteiger partial charge in [-0.1, -0.05) is 18.2 Å². The first kappa shape index (κ1) is 21.0. The number of rotatable bonds is 4. The number of carbonyl (C=O) groups is 1. The molecule has 5 rings (SSSR count). The average molecular weight is 456 g/mol. The van der Waals surface area contributed by atoms with Gasteiger partial charge in [0.1, 0.15) is 0 Å². The number of amides is 1. The topological polar surface area (TPSA) is 92.8 Å². The molecule has 3 heterocycles. The molecule has 32 heavy (non-hydrogen) atoms. The van der Waals surface area contributed by atoms with Crippen molar-refractivity contribution in [3.05, 3.63) is 58.6 Å². The van der Waals surface area contributed by atoms with E-state index < -0.39 is 15.8 Å². The van der Waals surface area contributed by atoms with Gasteiger partial charge in [-0.15, -0.1) is 0 Å². The minimum absolute atomic E-state index is 0.112. The van der Waals surface area contributed by atoms with Gasteiger partial charge < -0.3 is 9.32 Å². The number of aromatic nitrogens is 1. The van der Waals surface area contributed by atoms with Crippen LogP contribution in [0.5, 0.6) is 0 Å². The number of nitrogens with zero attached hydrogens (tertiary/aromatic N) is 3. The Hall–Kier alpha value is -2.91. The van der Waals surface area contributed by atoms with Crippen LogP contribution in [0.25, 0.3) is 11.1 Å². The quantitative estimate of drug-likeness (QED) is 0.603. The van der Waals surface area contributed by atoms with Crippen molar-refractivity contribution in [2.24, 2.45) is 13.0 Å². The lowest BCUT2D eigenvalue weighted by Gasteiger charge is -2.31. The van der Waals surface area contributed by atoms with E-state index in [2.05, 4.69) is 6.07 Å². The van der Waals surface area contributed by atoms with Crippen LogP contribution in [0.1, 0.15) is 24.8 Å². The molecule has 168 valence electrons. The number of fused-ring (bicyclic) bond motifs is 2. The summed E-state index contributed by atoms with van der Waals surface area (Å²) in [5, 5.41) is 0. The molecule has 1 saturated heterocycles. The van der Waals surface area contributed by atoms with Crippen LogP contribution in [0.3, 0.4) is 0 Å². The molecule has 0 N–H and O–H groups in total. The summed E-state index contributed by atoms with van der Waals surface area (Å²) in [5.74, 6) is -0.252. The lowest BCUT2D eigenvalue weighted by Crippen LogP contribution is -2.40. The molecule has 0 radical (unpaired) electrons. The summed E-state index contributed by atoms with van der Waals surface area (Å²) in [7, 11) is -2.12. The Balaban J connectivity index is 1.24. The number of para-hydroxylation sites is 1. The van der Waals surface area contributed by atoms with E-state index in [4.69, 9.17) is 4.42 Å². The predicted molar refractivity (Wildman–Crippen MR) is 120 cm³/mol. The van der Waals surface area contributed by atoms with Crippen LogP contribution in [0.2, 0.25) is 0 Å². The number of sulfonamides is 1. The number of aryl methyl sites for hydroxylation is 1. The van der Waals surface area contributed by atoms with Crippen molar-refractivity contribution < 1.29 is 17.6 Å². The highest BCUT2D eigenvalue weighted by Crippen LogP contribution is 2.31. The van der Waals surface area contributed by atoms with Gasteiger partial charge in [0.05, 0.1) is 10.4 Å². The Morgan fingerprint density at radius 2 is 1.84 bits per heavy atom. The first-order valence-electron chi connectivity index (χ1n) is 10.8. The van der Waals surface area contributed by atoms with Gasteiger partial charge >= 0.3 is 5.76 Å². The number of benzene rings is 2. The van der Waals surface area contributed by atoms with E-state index in [1.807, 2.05) is 23.1 Å². The highest BCUT2D eigenvalue weighted by atomic mass is 32.2. The van der Waals surface area contributed by atoms with Gasteiger partial charge in [-0.05, 0) is 48.9 Å². The molecular weight excluding hydrogens is 430 g/mol. The number of anilines is 1. The van der Waals surface area contributed by atoms with Gasteiger partial charge in [-0.25, -0.2) is 13.2 Å². The summed E-state index contributed by atoms with van der Waals surface area (Å²) in [6.07, 6.45) is 2.60. The smallest absolute Gasteiger partial charge is 0.408 e. The van der Waals surface area contributed by atoms with E-state index in [1.54, 1.807) is 13.1 Å². The maximum atomic E-state index is 13.1. The van der Waals surface area contributed by atoms with Gasteiger partial charge in [0.15, 0.2) is 5.58 Å². The van der Waals surface area contributed by atoms with Crippen LogP contribution < -0.4 is 10.7 Å². The average Bonchev–Trinajstić information content (AvgIpc) is 3.35. The Labute approximate surface area is 186 Å². The molecule has 9 heteroatoms. The predicted octanol–water partition coefficient (Wildman–Crippen LogP) is 2.51. The zero-order valence-corrected chi connectivity index (χ0v) is 18.7. The SMILES string of the molecule is Cn1c(=O)oc2cc(S(=O)(=O)N3CCC(CC(=O)N4CCc5ccccc54)CC3)ccc21. The third-order valence-corrected chi connectivity index (χ3v) is 8.52. The van der Waals surface area contributed by atoms with Crippen LogP contribution >= 0.6 is 0 Å². The van der Waals surface area contributed by atoms with Crippen LogP contribution in [-0.4, -0.2) is 42.8 Å². The van der Waals surface area contributed by atoms with Crippen molar-refractivity contribution in [2.45, 2.75) is 30.6 Å². The molecule has 1 amide bonds. The Kier molecular flexibility index (Phi) is 5.17. The fourth-order valence-electron chi connectivity index (χ4n) is 4.73. The highest BCUT2D eigenvalue weighted by Gasteiger charge is 2.32. The summed E-state index contributed by atoms with van der Waals surface area (Å²) in [6.45, 7) is 1.45. The number of hydrogen-bond acceptors (Lipinski definition) is 5. The summed E-state index contributed by atoms with van der Waals surface area (Å²) >= 11 is 0. The monoisotopic (exact) mass is 455 g/mol. The van der Waals surface area contributed by atoms with E-state index in [-0.39, 0.29) is 22.3 Å². The number of piperidine rings is 1. The molecule has 2 aromatic carbocycles. The Morgan fingerprint density at radius 1 is 1.09 bits per heavy atom. The van der Waals surface area contributed by atoms with Crippen molar-refractivity contribution in [2.75, 3.05) is 24.5 Å². The molecule has 1 aromatic heterocycles. The maximum absolute atomic E-state index is 13.1. The van der Waals surface area contributed by atoms with Crippen LogP contribution in [0, 0.1) is 5.92 Å². The summed E-state index contributed by atoms with van der Waals surface area (Å²) in [4.78, 5) is 26.6. The lowest BCUT2D eigenvalue weighted by molar-refractivity contribution is -0.119. The Bertz CT molecular complexity index is 1350. The third-order valence-electron chi connectivity index (χ3n) is 6.63. The minimum Gasteiger partial charge on any atom is -0.408 e. The van der Waals surface area contributed by atoms with Gasteiger partial charge in [0.25, 0.3) is 0 Å². The van der Waals surface area contributed by atoms with Gasteiger partial charge in [0, 0.05) is 44.9 Å². The maximum Gasteiger partial charge on any atom is 0.419 e. The second kappa shape index (κ2) is 7.90. The third kappa shape index (κ3) is 3.55. The highest BCUT2D eigenvalue weighted by molar-refractivity contribution is 7.89. The summed E-state index contributed by atoms with van der Waals surface area (Å²) < 4.78 is 34.2. The first-order chi connectivity index (χ1) is 15.3. The number of carbonyl (C=O) groups excluding carboxylic acids is 1. The van der Waals surface area contributed by atoms with E-state index in [9.17, 15) is 18.0 Å².